The van der Waals surface area contributed by atoms with Crippen molar-refractivity contribution >= 4 is 24.3 Å². The first-order valence-electron chi connectivity index (χ1n) is 8.64. The lowest BCUT2D eigenvalue weighted by Gasteiger charge is -2.24. The van der Waals surface area contributed by atoms with E-state index in [0.29, 0.717) is 18.4 Å². The summed E-state index contributed by atoms with van der Waals surface area (Å²) in [6, 6.07) is 4.04. The summed E-state index contributed by atoms with van der Waals surface area (Å²) in [6.45, 7) is 1.98. The molecule has 27 heavy (non-hydrogen) atoms. The zero-order valence-electron chi connectivity index (χ0n) is 15.0. The number of carboxylic acids is 1. The summed E-state index contributed by atoms with van der Waals surface area (Å²) < 4.78 is 37.9. The van der Waals surface area contributed by atoms with E-state index in [1.54, 1.807) is 4.90 Å². The zero-order valence-corrected chi connectivity index (χ0v) is 15.8. The van der Waals surface area contributed by atoms with E-state index >= 15 is 0 Å². The molecule has 1 fully saturated rings. The minimum Gasteiger partial charge on any atom is -0.480 e. The van der Waals surface area contributed by atoms with Gasteiger partial charge in [0.2, 0.25) is 5.91 Å². The van der Waals surface area contributed by atoms with Gasteiger partial charge >= 0.3 is 12.1 Å². The van der Waals surface area contributed by atoms with Crippen LogP contribution in [0.4, 0.5) is 13.2 Å². The predicted molar refractivity (Wildman–Crippen MR) is 96.6 cm³/mol. The number of amides is 1. The highest BCUT2D eigenvalue weighted by Gasteiger charge is 2.33. The van der Waals surface area contributed by atoms with Crippen LogP contribution in [0.25, 0.3) is 0 Å². The standard InChI is InChI=1S/C18H23F3N2O3.ClH/c1-2-3-15(17(25)26)22-10-16(24)23(14-8-9-14)11-12-4-6-13(7-5-12)18(19,20)21;/h4-7,14-15,22H,2-3,8-11H2,1H3,(H,25,26);1H. The number of carboxylic acid groups (broad SMARTS) is 1. The molecule has 1 atom stereocenters. The Morgan fingerprint density at radius 3 is 2.30 bits per heavy atom. The van der Waals surface area contributed by atoms with Crippen molar-refractivity contribution in [2.45, 2.75) is 57.4 Å². The second kappa shape index (κ2) is 9.94. The van der Waals surface area contributed by atoms with Gasteiger partial charge in [-0.15, -0.1) is 12.4 Å². The largest absolute Gasteiger partial charge is 0.480 e. The second-order valence-corrected chi connectivity index (χ2v) is 6.51. The van der Waals surface area contributed by atoms with Crippen LogP contribution >= 0.6 is 12.4 Å². The van der Waals surface area contributed by atoms with Crippen molar-refractivity contribution in [3.05, 3.63) is 35.4 Å². The molecule has 0 saturated heterocycles. The van der Waals surface area contributed by atoms with Crippen LogP contribution in [0, 0.1) is 0 Å². The summed E-state index contributed by atoms with van der Waals surface area (Å²) in [6.07, 6.45) is -1.59. The molecule has 0 aliphatic heterocycles. The summed E-state index contributed by atoms with van der Waals surface area (Å²) in [5.74, 6) is -1.24. The van der Waals surface area contributed by atoms with E-state index in [4.69, 9.17) is 5.11 Å². The molecule has 1 unspecified atom stereocenters. The number of aliphatic carboxylic acids is 1. The van der Waals surface area contributed by atoms with Gasteiger partial charge in [-0.1, -0.05) is 25.5 Å². The third-order valence-corrected chi connectivity index (χ3v) is 4.32. The van der Waals surface area contributed by atoms with Crippen molar-refractivity contribution in [3.63, 3.8) is 0 Å². The van der Waals surface area contributed by atoms with Crippen LogP contribution in [0.2, 0.25) is 0 Å². The maximum atomic E-state index is 12.6. The fourth-order valence-electron chi connectivity index (χ4n) is 2.72. The first-order valence-corrected chi connectivity index (χ1v) is 8.64. The molecule has 1 amide bonds. The van der Waals surface area contributed by atoms with Gasteiger partial charge in [-0.2, -0.15) is 13.2 Å². The second-order valence-electron chi connectivity index (χ2n) is 6.51. The van der Waals surface area contributed by atoms with E-state index in [0.717, 1.165) is 25.0 Å². The highest BCUT2D eigenvalue weighted by molar-refractivity contribution is 5.85. The Morgan fingerprint density at radius 1 is 1.26 bits per heavy atom. The zero-order chi connectivity index (χ0) is 19.3. The molecule has 5 nitrogen and oxygen atoms in total. The lowest BCUT2D eigenvalue weighted by Crippen LogP contribution is -2.45. The van der Waals surface area contributed by atoms with Gasteiger partial charge < -0.3 is 10.0 Å². The van der Waals surface area contributed by atoms with Crippen molar-refractivity contribution in [2.24, 2.45) is 0 Å². The van der Waals surface area contributed by atoms with Crippen molar-refractivity contribution in [1.82, 2.24) is 10.2 Å². The van der Waals surface area contributed by atoms with E-state index < -0.39 is 23.8 Å². The van der Waals surface area contributed by atoms with Crippen LogP contribution in [0.5, 0.6) is 0 Å². The van der Waals surface area contributed by atoms with Gasteiger partial charge in [0.15, 0.2) is 0 Å². The number of halogens is 4. The number of rotatable bonds is 9. The van der Waals surface area contributed by atoms with E-state index in [1.807, 2.05) is 6.92 Å². The summed E-state index contributed by atoms with van der Waals surface area (Å²) in [5, 5.41) is 11.9. The number of carbonyl (C=O) groups is 2. The van der Waals surface area contributed by atoms with Gasteiger partial charge in [-0.25, -0.2) is 0 Å². The normalized spacial score (nSPS) is 15.0. The lowest BCUT2D eigenvalue weighted by atomic mass is 10.1. The first-order chi connectivity index (χ1) is 12.2. The minimum atomic E-state index is -4.39. The van der Waals surface area contributed by atoms with Crippen LogP contribution in [0.15, 0.2) is 24.3 Å². The highest BCUT2D eigenvalue weighted by atomic mass is 35.5. The molecule has 152 valence electrons. The molecule has 2 N–H and O–H groups in total. The molecule has 0 spiro atoms. The molecule has 1 aliphatic rings. The topological polar surface area (TPSA) is 69.6 Å². The average Bonchev–Trinajstić information content (AvgIpc) is 3.40. The molecule has 2 rings (SSSR count). The molecule has 0 aromatic heterocycles. The number of hydrogen-bond donors (Lipinski definition) is 2. The monoisotopic (exact) mass is 408 g/mol. The van der Waals surface area contributed by atoms with Crippen molar-refractivity contribution in [2.75, 3.05) is 6.54 Å². The Labute approximate surface area is 162 Å². The summed E-state index contributed by atoms with van der Waals surface area (Å²) in [4.78, 5) is 25.2. The third kappa shape index (κ3) is 7.03. The smallest absolute Gasteiger partial charge is 0.416 e. The molecule has 1 aromatic rings. The van der Waals surface area contributed by atoms with Crippen molar-refractivity contribution < 1.29 is 27.9 Å². The van der Waals surface area contributed by atoms with Crippen molar-refractivity contribution in [3.8, 4) is 0 Å². The van der Waals surface area contributed by atoms with E-state index in [-0.39, 0.29) is 37.4 Å². The van der Waals surface area contributed by atoms with E-state index in [1.165, 1.54) is 12.1 Å². The van der Waals surface area contributed by atoms with Crippen LogP contribution in [-0.4, -0.2) is 40.5 Å². The highest BCUT2D eigenvalue weighted by Crippen LogP contribution is 2.31. The molecule has 1 aliphatic carbocycles. The number of benzene rings is 1. The molecule has 0 radical (unpaired) electrons. The quantitative estimate of drug-likeness (QED) is 0.656. The number of hydrogen-bond acceptors (Lipinski definition) is 3. The Kier molecular flexibility index (Phi) is 8.56. The van der Waals surface area contributed by atoms with Gasteiger partial charge in [0.1, 0.15) is 6.04 Å². The molecule has 9 heteroatoms. The van der Waals surface area contributed by atoms with Gasteiger partial charge in [0.25, 0.3) is 0 Å². The Balaban J connectivity index is 0.00000364. The predicted octanol–water partition coefficient (Wildman–Crippen LogP) is 3.46. The summed E-state index contributed by atoms with van der Waals surface area (Å²) >= 11 is 0. The van der Waals surface area contributed by atoms with Crippen LogP contribution < -0.4 is 5.32 Å². The summed E-state index contributed by atoms with van der Waals surface area (Å²) in [5.41, 5.74) is -0.113. The fourth-order valence-corrected chi connectivity index (χ4v) is 2.72. The Bertz CT molecular complexity index is 634. The van der Waals surface area contributed by atoms with Crippen LogP contribution in [-0.2, 0) is 22.3 Å². The average molecular weight is 409 g/mol. The first kappa shape index (κ1) is 23.2. The molecule has 0 bridgehead atoms. The number of carbonyl (C=O) groups excluding carboxylic acids is 1. The lowest BCUT2D eigenvalue weighted by molar-refractivity contribution is -0.140. The van der Waals surface area contributed by atoms with Crippen LogP contribution in [0.3, 0.4) is 0 Å². The van der Waals surface area contributed by atoms with Gasteiger partial charge in [0.05, 0.1) is 12.1 Å². The van der Waals surface area contributed by atoms with Crippen molar-refractivity contribution in [1.29, 1.82) is 0 Å². The minimum absolute atomic E-state index is 0. The van der Waals surface area contributed by atoms with E-state index in [2.05, 4.69) is 5.32 Å². The number of nitrogens with zero attached hydrogens (tertiary/aromatic N) is 1. The Morgan fingerprint density at radius 2 is 1.85 bits per heavy atom. The SMILES string of the molecule is CCCC(NCC(=O)N(Cc1ccc(C(F)(F)F)cc1)C1CC1)C(=O)O.Cl. The van der Waals surface area contributed by atoms with Gasteiger partial charge in [-0.05, 0) is 37.0 Å². The van der Waals surface area contributed by atoms with Gasteiger partial charge in [-0.3, -0.25) is 14.9 Å². The number of alkyl halides is 3. The Hall–Kier alpha value is -1.80. The van der Waals surface area contributed by atoms with Crippen LogP contribution in [0.1, 0.15) is 43.7 Å². The molecular formula is C18H24ClF3N2O3. The fraction of sp³-hybridized carbons (Fsp3) is 0.556. The summed E-state index contributed by atoms with van der Waals surface area (Å²) in [7, 11) is 0. The maximum absolute atomic E-state index is 12.6. The van der Waals surface area contributed by atoms with Gasteiger partial charge in [0, 0.05) is 12.6 Å². The maximum Gasteiger partial charge on any atom is 0.416 e. The molecule has 1 aromatic carbocycles. The third-order valence-electron chi connectivity index (χ3n) is 4.32. The molecular weight excluding hydrogens is 385 g/mol. The van der Waals surface area contributed by atoms with E-state index in [9.17, 15) is 22.8 Å². The number of nitrogens with one attached hydrogen (secondary N) is 1. The molecule has 1 saturated carbocycles. The molecule has 0 heterocycles.